The predicted octanol–water partition coefficient (Wildman–Crippen LogP) is 0.254. The molecule has 6 amide bonds. The molecule has 1 aliphatic carbocycles. The van der Waals surface area contributed by atoms with E-state index in [1.165, 1.54) is 30.0 Å². The van der Waals surface area contributed by atoms with E-state index in [1.807, 2.05) is 24.3 Å². The summed E-state index contributed by atoms with van der Waals surface area (Å²) >= 11 is 0. The fraction of sp³-hybridized carbons (Fsp3) is 0.567. The Morgan fingerprint density at radius 3 is 2.08 bits per heavy atom. The van der Waals surface area contributed by atoms with Gasteiger partial charge in [0.1, 0.15) is 54.4 Å². The van der Waals surface area contributed by atoms with E-state index < -0.39 is 121 Å². The van der Waals surface area contributed by atoms with Gasteiger partial charge in [-0.15, -0.1) is 0 Å². The number of anilines is 1. The summed E-state index contributed by atoms with van der Waals surface area (Å²) in [6, 6.07) is 9.43. The molecule has 9 atom stereocenters. The number of aromatic nitrogens is 2. The van der Waals surface area contributed by atoms with Crippen LogP contribution in [-0.2, 0) is 98.4 Å². The van der Waals surface area contributed by atoms with Crippen LogP contribution in [0, 0.1) is 5.92 Å². The Bertz CT molecular complexity index is 3610. The Morgan fingerprint density at radius 1 is 0.768 bits per heavy atom. The van der Waals surface area contributed by atoms with Crippen LogP contribution < -0.4 is 42.6 Å². The number of hydrogen-bond acceptors (Lipinski definition) is 23. The van der Waals surface area contributed by atoms with Crippen molar-refractivity contribution in [1.82, 2.24) is 35.7 Å². The van der Waals surface area contributed by atoms with Crippen LogP contribution in [-0.4, -0.2) is 226 Å². The summed E-state index contributed by atoms with van der Waals surface area (Å²) in [5, 5.41) is 76.1. The molecule has 7 rings (SSSR count). The Balaban J connectivity index is 0.897. The number of ketones is 1. The van der Waals surface area contributed by atoms with E-state index >= 15 is 0 Å². The van der Waals surface area contributed by atoms with E-state index in [-0.39, 0.29) is 159 Å². The fourth-order valence-electron chi connectivity index (χ4n) is 11.6. The molecule has 1 fully saturated rings. The molecule has 1 saturated heterocycles. The number of ether oxygens (including phenoxy) is 7. The molecule has 32 nitrogen and oxygen atoms in total. The van der Waals surface area contributed by atoms with Crippen molar-refractivity contribution in [3.8, 4) is 17.1 Å². The number of hydrogen-bond donors (Lipinski definition) is 12. The average molecular weight is 1390 g/mol. The summed E-state index contributed by atoms with van der Waals surface area (Å²) in [6.45, 7) is 11.4. The molecule has 542 valence electrons. The molecule has 0 unspecified atom stereocenters. The lowest BCUT2D eigenvalue weighted by molar-refractivity contribution is -0.271. The van der Waals surface area contributed by atoms with Gasteiger partial charge in [-0.1, -0.05) is 45.0 Å². The van der Waals surface area contributed by atoms with Gasteiger partial charge in [-0.2, -0.15) is 0 Å². The molecule has 99 heavy (non-hydrogen) atoms. The third-order valence-electron chi connectivity index (χ3n) is 17.1. The first kappa shape index (κ1) is 77.8. The van der Waals surface area contributed by atoms with Gasteiger partial charge in [0.25, 0.3) is 5.56 Å². The Kier molecular flexibility index (Phi) is 28.7. The second kappa shape index (κ2) is 36.5. The number of para-hydroxylation sites is 1. The van der Waals surface area contributed by atoms with Crippen molar-refractivity contribution in [2.75, 3.05) is 77.8 Å². The maximum absolute atomic E-state index is 14.2. The van der Waals surface area contributed by atoms with Gasteiger partial charge in [0.05, 0.1) is 82.0 Å². The molecule has 32 heteroatoms. The zero-order valence-corrected chi connectivity index (χ0v) is 56.3. The monoisotopic (exact) mass is 1390 g/mol. The van der Waals surface area contributed by atoms with Gasteiger partial charge in [0.15, 0.2) is 11.9 Å². The second-order valence-corrected chi connectivity index (χ2v) is 24.8. The maximum Gasteiger partial charge on any atom is 0.410 e. The van der Waals surface area contributed by atoms with Crippen molar-refractivity contribution in [3.63, 3.8) is 0 Å². The number of pyridine rings is 2. The van der Waals surface area contributed by atoms with E-state index in [1.54, 1.807) is 45.3 Å². The minimum absolute atomic E-state index is 0.00854. The molecule has 0 saturated carbocycles. The molecule has 2 aromatic carbocycles. The maximum atomic E-state index is 14.2. The molecule has 0 radical (unpaired) electrons. The van der Waals surface area contributed by atoms with Crippen LogP contribution in [0.5, 0.6) is 5.75 Å². The first-order chi connectivity index (χ1) is 47.2. The van der Waals surface area contributed by atoms with Gasteiger partial charge in [-0.3, -0.25) is 38.4 Å². The molecule has 2 aromatic heterocycles. The van der Waals surface area contributed by atoms with Crippen molar-refractivity contribution in [2.24, 2.45) is 11.7 Å². The zero-order valence-electron chi connectivity index (χ0n) is 56.3. The van der Waals surface area contributed by atoms with Crippen molar-refractivity contribution >= 4 is 69.9 Å². The molecule has 13 N–H and O–H groups in total. The number of carboxylic acids is 2. The number of nitrogens with two attached hydrogens (primary N) is 1. The van der Waals surface area contributed by atoms with E-state index in [9.17, 15) is 73.5 Å². The number of aliphatic hydroxyl groups is 4. The molecular formula is C67H91N9O23. The van der Waals surface area contributed by atoms with Gasteiger partial charge >= 0.3 is 18.0 Å². The van der Waals surface area contributed by atoms with Gasteiger partial charge in [0, 0.05) is 73.4 Å². The standard InChI is InChI=1S/C67H91N9O23/c1-7-67(92)44-33-48-55-43(34-76(48)63(88)42(44)13-16-50(67)77)40(41-10-8-9-11-45(41)72-55)19-23-75(37(4)5)66(91)97-35-39-12-14-46(49(32-39)98-65-58(84)56(82)57(83)59(99-65)64(89)90)73-60(85)38(6)70-62(87)54(36(2)3)74-52(79)20-24-93-26-28-95-30-31-96-29-27-94-25-22-69-61(86)47(15-17-53(80)81)71-51(78)18-21-68/h8-12,14,32-33,36-38,47,54,56-59,65,82-84,92H,7,13,15-31,34-35,68H2,1-6H3,(H,69,86)(H,70,87)(H,71,78)(H,73,85)(H,74,79)(H,80,81)(H,89,90)/t38-,47-,54-,56-,57-,58+,59-,65+,67-/m0/s1. The summed E-state index contributed by atoms with van der Waals surface area (Å²) in [5.74, 6) is -6.95. The van der Waals surface area contributed by atoms with Crippen LogP contribution in [0.15, 0.2) is 53.3 Å². The fourth-order valence-corrected chi connectivity index (χ4v) is 11.6. The smallest absolute Gasteiger partial charge is 0.410 e. The Hall–Kier alpha value is -8.57. The third-order valence-corrected chi connectivity index (χ3v) is 17.1. The first-order valence-corrected chi connectivity index (χ1v) is 33.0. The average Bonchev–Trinajstić information content (AvgIpc) is 1.61. The van der Waals surface area contributed by atoms with Gasteiger partial charge in [-0.05, 0) is 87.8 Å². The van der Waals surface area contributed by atoms with Crippen LogP contribution in [0.2, 0.25) is 0 Å². The van der Waals surface area contributed by atoms with Crippen LogP contribution >= 0.6 is 0 Å². The van der Waals surface area contributed by atoms with Gasteiger partial charge in [-0.25, -0.2) is 14.6 Å². The second-order valence-electron chi connectivity index (χ2n) is 24.8. The molecule has 2 aliphatic heterocycles. The van der Waals surface area contributed by atoms with Crippen LogP contribution in [0.1, 0.15) is 108 Å². The summed E-state index contributed by atoms with van der Waals surface area (Å²) in [5.41, 5.74) is 7.27. The lowest BCUT2D eigenvalue weighted by Crippen LogP contribution is -2.61. The lowest BCUT2D eigenvalue weighted by Gasteiger charge is -2.38. The molecule has 3 aliphatic rings. The van der Waals surface area contributed by atoms with Crippen molar-refractivity contribution in [2.45, 2.75) is 167 Å². The number of fused-ring (bicyclic) bond motifs is 5. The van der Waals surface area contributed by atoms with E-state index in [0.717, 1.165) is 16.5 Å². The number of carbonyl (C=O) groups is 9. The van der Waals surface area contributed by atoms with Crippen LogP contribution in [0.4, 0.5) is 10.5 Å². The first-order valence-electron chi connectivity index (χ1n) is 33.0. The molecular weight excluding hydrogens is 1300 g/mol. The number of aliphatic carboxylic acids is 2. The van der Waals surface area contributed by atoms with Crippen LogP contribution in [0.25, 0.3) is 22.3 Å². The number of amides is 6. The van der Waals surface area contributed by atoms with E-state index in [2.05, 4.69) is 26.6 Å². The minimum Gasteiger partial charge on any atom is -0.481 e. The minimum atomic E-state index is -2.06. The Morgan fingerprint density at radius 2 is 1.43 bits per heavy atom. The number of Topliss-reactive ketones (excluding diaryl/α,β-unsaturated/α-hetero) is 1. The van der Waals surface area contributed by atoms with Crippen molar-refractivity contribution in [3.05, 3.63) is 86.7 Å². The van der Waals surface area contributed by atoms with Crippen LogP contribution in [0.3, 0.4) is 0 Å². The molecule has 0 spiro atoms. The van der Waals surface area contributed by atoms with Crippen molar-refractivity contribution in [1.29, 1.82) is 0 Å². The van der Waals surface area contributed by atoms with Gasteiger partial charge in [0.2, 0.25) is 35.8 Å². The topological polar surface area (TPSA) is 464 Å². The SMILES string of the molecule is CC[C@@]1(O)C(=O)CCc2c1cc1n(c2=O)Cc2c-1nc1ccccc1c2CCN(C(=O)OCc1ccc(NC(=O)[C@H](C)NC(=O)[C@@H](NC(=O)CCOCCOCCOCCOCCNC(=O)[C@H](CCC(=O)O)NC(=O)CCN)C(C)C)c(O[C@@H]2O[C@H](C(=O)O)[C@@H](O)[C@H](O)[C@H]2O)c1)C(C)C. The summed E-state index contributed by atoms with van der Waals surface area (Å²) < 4.78 is 40.8. The number of aliphatic hydroxyl groups excluding tert-OH is 3. The number of rotatable bonds is 38. The third kappa shape index (κ3) is 20.3. The molecule has 4 aromatic rings. The quantitative estimate of drug-likeness (QED) is 0.0236. The number of carbonyl (C=O) groups excluding carboxylic acids is 7. The highest BCUT2D eigenvalue weighted by molar-refractivity contribution is 5.99. The van der Waals surface area contributed by atoms with Gasteiger partial charge < -0.3 is 106 Å². The number of benzene rings is 2. The molecule has 4 heterocycles. The molecule has 0 bridgehead atoms. The highest BCUT2D eigenvalue weighted by Gasteiger charge is 2.49. The normalized spacial score (nSPS) is 19.4. The summed E-state index contributed by atoms with van der Waals surface area (Å²) in [6.07, 6.45) is -10.8. The number of carboxylic acid groups (broad SMARTS) is 2. The zero-order chi connectivity index (χ0) is 72.3. The summed E-state index contributed by atoms with van der Waals surface area (Å²) in [7, 11) is 0. The highest BCUT2D eigenvalue weighted by Crippen LogP contribution is 2.41. The largest absolute Gasteiger partial charge is 0.481 e. The van der Waals surface area contributed by atoms with E-state index in [0.29, 0.717) is 28.0 Å². The van der Waals surface area contributed by atoms with Crippen molar-refractivity contribution < 1.29 is 107 Å². The highest BCUT2D eigenvalue weighted by atomic mass is 16.7. The Labute approximate surface area is 570 Å². The lowest BCUT2D eigenvalue weighted by atomic mass is 9.77. The summed E-state index contributed by atoms with van der Waals surface area (Å²) in [4.78, 5) is 136. The number of nitrogens with one attached hydrogen (secondary N) is 5. The van der Waals surface area contributed by atoms with E-state index in [4.69, 9.17) is 49.0 Å². The number of nitrogens with zero attached hydrogens (tertiary/aromatic N) is 3. The predicted molar refractivity (Wildman–Crippen MR) is 352 cm³/mol.